The minimum atomic E-state index is -4.67. The van der Waals surface area contributed by atoms with Crippen LogP contribution in [0.3, 0.4) is 0 Å². The predicted octanol–water partition coefficient (Wildman–Crippen LogP) is 2.68. The zero-order chi connectivity index (χ0) is 14.0. The molecule has 7 heteroatoms. The Morgan fingerprint density at radius 1 is 1.26 bits per heavy atom. The number of aromatic nitrogens is 2. The molecule has 0 atom stereocenters. The second-order valence-corrected chi connectivity index (χ2v) is 3.66. The summed E-state index contributed by atoms with van der Waals surface area (Å²) in [6.07, 6.45) is -3.90. The van der Waals surface area contributed by atoms with E-state index in [-0.39, 0.29) is 0 Å². The first-order valence-electron chi connectivity index (χ1n) is 5.24. The van der Waals surface area contributed by atoms with Crippen LogP contribution >= 0.6 is 0 Å². The number of para-hydroxylation sites is 1. The van der Waals surface area contributed by atoms with E-state index in [1.165, 1.54) is 0 Å². The molecule has 0 N–H and O–H groups in total. The normalized spacial score (nSPS) is 11.4. The smallest absolute Gasteiger partial charge is 0.420 e. The van der Waals surface area contributed by atoms with Gasteiger partial charge in [-0.2, -0.15) is 18.3 Å². The Morgan fingerprint density at radius 3 is 2.42 bits per heavy atom. The van der Waals surface area contributed by atoms with Crippen LogP contribution < -0.4 is 0 Å². The third kappa shape index (κ3) is 2.59. The number of alkyl halides is 3. The quantitative estimate of drug-likeness (QED) is 0.788. The van der Waals surface area contributed by atoms with Crippen LogP contribution in [0.1, 0.15) is 16.1 Å². The minimum Gasteiger partial charge on any atom is -0.464 e. The molecule has 0 aliphatic carbocycles. The second kappa shape index (κ2) is 4.75. The van der Waals surface area contributed by atoms with Crippen molar-refractivity contribution in [3.8, 4) is 5.69 Å². The summed E-state index contributed by atoms with van der Waals surface area (Å²) in [7, 11) is 1.00. The Morgan fingerprint density at radius 2 is 1.89 bits per heavy atom. The minimum absolute atomic E-state index is 0.420. The van der Waals surface area contributed by atoms with Gasteiger partial charge in [0.15, 0.2) is 5.69 Å². The van der Waals surface area contributed by atoms with Crippen molar-refractivity contribution < 1.29 is 22.7 Å². The number of nitrogens with zero attached hydrogens (tertiary/aromatic N) is 2. The summed E-state index contributed by atoms with van der Waals surface area (Å²) in [6, 6.07) is 8.19. The average Bonchev–Trinajstić information content (AvgIpc) is 2.84. The number of carbonyl (C=O) groups excluding carboxylic acids is 1. The van der Waals surface area contributed by atoms with E-state index >= 15 is 0 Å². The number of hydrogen-bond acceptors (Lipinski definition) is 3. The monoisotopic (exact) mass is 270 g/mol. The summed E-state index contributed by atoms with van der Waals surface area (Å²) in [6.45, 7) is 0. The first-order valence-corrected chi connectivity index (χ1v) is 5.24. The topological polar surface area (TPSA) is 44.1 Å². The lowest BCUT2D eigenvalue weighted by atomic mass is 10.2. The van der Waals surface area contributed by atoms with Crippen molar-refractivity contribution >= 4 is 5.97 Å². The molecule has 0 spiro atoms. The fraction of sp³-hybridized carbons (Fsp3) is 0.167. The van der Waals surface area contributed by atoms with E-state index in [0.717, 1.165) is 18.0 Å². The van der Waals surface area contributed by atoms with Crippen LogP contribution in [-0.2, 0) is 10.9 Å². The van der Waals surface area contributed by atoms with Gasteiger partial charge in [-0.15, -0.1) is 0 Å². The maximum Gasteiger partial charge on any atom is 0.420 e. The second-order valence-electron chi connectivity index (χ2n) is 3.66. The molecule has 0 saturated carbocycles. The van der Waals surface area contributed by atoms with Crippen LogP contribution in [0.4, 0.5) is 13.2 Å². The maximum atomic E-state index is 12.8. The van der Waals surface area contributed by atoms with E-state index in [1.807, 2.05) is 0 Å². The molecule has 100 valence electrons. The van der Waals surface area contributed by atoms with Gasteiger partial charge in [-0.3, -0.25) is 0 Å². The van der Waals surface area contributed by atoms with Crippen molar-refractivity contribution in [1.29, 1.82) is 0 Å². The van der Waals surface area contributed by atoms with Crippen LogP contribution in [0.5, 0.6) is 0 Å². The highest BCUT2D eigenvalue weighted by atomic mass is 19.4. The van der Waals surface area contributed by atoms with Gasteiger partial charge in [-0.25, -0.2) is 9.48 Å². The van der Waals surface area contributed by atoms with Crippen molar-refractivity contribution in [2.24, 2.45) is 0 Å². The van der Waals surface area contributed by atoms with E-state index in [9.17, 15) is 18.0 Å². The standard InChI is InChI=1S/C12H9F3N2O2/c1-19-11(18)10-9(12(13,14)15)7-17(16-10)8-5-3-2-4-6-8/h2-7H,1H3. The number of halogens is 3. The number of hydrogen-bond donors (Lipinski definition) is 0. The highest BCUT2D eigenvalue weighted by Crippen LogP contribution is 2.32. The van der Waals surface area contributed by atoms with Crippen LogP contribution in [0.25, 0.3) is 5.69 Å². The molecule has 1 heterocycles. The van der Waals surface area contributed by atoms with Gasteiger partial charge in [0.2, 0.25) is 0 Å². The van der Waals surface area contributed by atoms with Crippen molar-refractivity contribution in [2.45, 2.75) is 6.18 Å². The maximum absolute atomic E-state index is 12.8. The largest absolute Gasteiger partial charge is 0.464 e. The molecule has 1 aromatic heterocycles. The summed E-state index contributed by atoms with van der Waals surface area (Å²) in [5.74, 6) is -1.12. The summed E-state index contributed by atoms with van der Waals surface area (Å²) < 4.78 is 43.7. The highest BCUT2D eigenvalue weighted by Gasteiger charge is 2.38. The molecule has 0 radical (unpaired) electrons. The van der Waals surface area contributed by atoms with Crippen LogP contribution in [0, 0.1) is 0 Å². The molecule has 0 aliphatic rings. The first kappa shape index (κ1) is 13.1. The number of benzene rings is 1. The molecule has 0 fully saturated rings. The van der Waals surface area contributed by atoms with Gasteiger partial charge < -0.3 is 4.74 Å². The molecule has 2 rings (SSSR count). The lowest BCUT2D eigenvalue weighted by molar-refractivity contribution is -0.138. The van der Waals surface area contributed by atoms with Gasteiger partial charge in [0.1, 0.15) is 5.56 Å². The molecule has 0 aliphatic heterocycles. The molecule has 2 aromatic rings. The Hall–Kier alpha value is -2.31. The molecule has 0 amide bonds. The van der Waals surface area contributed by atoms with Gasteiger partial charge in [0.05, 0.1) is 12.8 Å². The molecule has 1 aromatic carbocycles. The van der Waals surface area contributed by atoms with Crippen LogP contribution in [0.15, 0.2) is 36.5 Å². The molecular formula is C12H9F3N2O2. The van der Waals surface area contributed by atoms with Crippen molar-refractivity contribution in [2.75, 3.05) is 7.11 Å². The Bertz CT molecular complexity index is 591. The van der Waals surface area contributed by atoms with Gasteiger partial charge in [0, 0.05) is 6.20 Å². The van der Waals surface area contributed by atoms with E-state index in [1.54, 1.807) is 30.3 Å². The third-order valence-electron chi connectivity index (χ3n) is 2.42. The predicted molar refractivity (Wildman–Crippen MR) is 59.9 cm³/mol. The van der Waals surface area contributed by atoms with E-state index in [4.69, 9.17) is 0 Å². The lowest BCUT2D eigenvalue weighted by Gasteiger charge is -2.04. The zero-order valence-electron chi connectivity index (χ0n) is 9.81. The van der Waals surface area contributed by atoms with Gasteiger partial charge in [-0.05, 0) is 12.1 Å². The van der Waals surface area contributed by atoms with E-state index in [0.29, 0.717) is 5.69 Å². The zero-order valence-corrected chi connectivity index (χ0v) is 9.81. The molecule has 0 unspecified atom stereocenters. The average molecular weight is 270 g/mol. The molecule has 0 bridgehead atoms. The summed E-state index contributed by atoms with van der Waals surface area (Å²) in [5.41, 5.74) is -1.45. The summed E-state index contributed by atoms with van der Waals surface area (Å²) >= 11 is 0. The molecule has 0 saturated heterocycles. The van der Waals surface area contributed by atoms with Crippen LogP contribution in [0.2, 0.25) is 0 Å². The van der Waals surface area contributed by atoms with Crippen molar-refractivity contribution in [1.82, 2.24) is 9.78 Å². The number of ether oxygens (including phenoxy) is 1. The van der Waals surface area contributed by atoms with E-state index in [2.05, 4.69) is 9.84 Å². The Balaban J connectivity index is 2.55. The van der Waals surface area contributed by atoms with Gasteiger partial charge in [0.25, 0.3) is 0 Å². The fourth-order valence-corrected chi connectivity index (χ4v) is 1.54. The summed E-state index contributed by atoms with van der Waals surface area (Å²) in [5, 5.41) is 3.64. The third-order valence-corrected chi connectivity index (χ3v) is 2.42. The van der Waals surface area contributed by atoms with E-state index < -0.39 is 23.4 Å². The Labute approximate surface area is 106 Å². The van der Waals surface area contributed by atoms with Crippen LogP contribution in [-0.4, -0.2) is 22.9 Å². The lowest BCUT2D eigenvalue weighted by Crippen LogP contribution is -2.12. The SMILES string of the molecule is COC(=O)c1nn(-c2ccccc2)cc1C(F)(F)F. The highest BCUT2D eigenvalue weighted by molar-refractivity contribution is 5.89. The fourth-order valence-electron chi connectivity index (χ4n) is 1.54. The summed E-state index contributed by atoms with van der Waals surface area (Å²) in [4.78, 5) is 11.3. The number of methoxy groups -OCH3 is 1. The van der Waals surface area contributed by atoms with Gasteiger partial charge >= 0.3 is 12.1 Å². The number of rotatable bonds is 2. The number of carbonyl (C=O) groups is 1. The Kier molecular flexibility index (Phi) is 3.28. The van der Waals surface area contributed by atoms with Crippen molar-refractivity contribution in [3.05, 3.63) is 47.8 Å². The molecular weight excluding hydrogens is 261 g/mol. The molecule has 4 nitrogen and oxygen atoms in total. The first-order chi connectivity index (χ1) is 8.93. The number of esters is 1. The molecule has 19 heavy (non-hydrogen) atoms. The van der Waals surface area contributed by atoms with Crippen molar-refractivity contribution in [3.63, 3.8) is 0 Å². The van der Waals surface area contributed by atoms with Gasteiger partial charge in [-0.1, -0.05) is 18.2 Å².